The molecule has 1 saturated heterocycles. The molecule has 2 aliphatic heterocycles. The van der Waals surface area contributed by atoms with Gasteiger partial charge < -0.3 is 14.5 Å². The third-order valence-electron chi connectivity index (χ3n) is 6.46. The number of anilines is 1. The van der Waals surface area contributed by atoms with E-state index in [4.69, 9.17) is 4.98 Å². The number of aryl methyl sites for hydroxylation is 1. The molecule has 0 saturated carbocycles. The molecule has 0 unspecified atom stereocenters. The summed E-state index contributed by atoms with van der Waals surface area (Å²) >= 11 is 0. The molecule has 0 radical (unpaired) electrons. The number of pyridine rings is 1. The van der Waals surface area contributed by atoms with Crippen molar-refractivity contribution >= 4 is 16.9 Å². The molecule has 6 rings (SSSR count). The summed E-state index contributed by atoms with van der Waals surface area (Å²) < 4.78 is 2.00. The number of hydrogen-bond acceptors (Lipinski definition) is 4. The number of fused-ring (bicyclic) bond motifs is 5. The summed E-state index contributed by atoms with van der Waals surface area (Å²) in [7, 11) is 0. The minimum Gasteiger partial charge on any atom is -0.357 e. The second-order valence-corrected chi connectivity index (χ2v) is 8.52. The molecule has 1 N–H and O–H groups in total. The molecule has 30 heavy (non-hydrogen) atoms. The van der Waals surface area contributed by atoms with E-state index in [-0.39, 0.29) is 5.56 Å². The molecule has 6 heteroatoms. The van der Waals surface area contributed by atoms with Gasteiger partial charge >= 0.3 is 0 Å². The van der Waals surface area contributed by atoms with Crippen molar-refractivity contribution in [3.63, 3.8) is 0 Å². The first-order valence-corrected chi connectivity index (χ1v) is 10.5. The van der Waals surface area contributed by atoms with Gasteiger partial charge in [-0.25, -0.2) is 9.97 Å². The summed E-state index contributed by atoms with van der Waals surface area (Å²) in [6.45, 7) is 4.49. The number of piperidine rings is 1. The van der Waals surface area contributed by atoms with E-state index >= 15 is 0 Å². The fraction of sp³-hybridized carbons (Fsp3) is 0.292. The van der Waals surface area contributed by atoms with E-state index in [0.717, 1.165) is 65.6 Å². The highest BCUT2D eigenvalue weighted by atomic mass is 16.1. The Morgan fingerprint density at radius 2 is 1.87 bits per heavy atom. The van der Waals surface area contributed by atoms with Crippen LogP contribution in [-0.4, -0.2) is 32.6 Å². The smallest absolute Gasteiger partial charge is 0.251 e. The van der Waals surface area contributed by atoms with Crippen LogP contribution in [0.2, 0.25) is 0 Å². The summed E-state index contributed by atoms with van der Waals surface area (Å²) in [5.74, 6) is 2.52. The number of aromatic amines is 1. The van der Waals surface area contributed by atoms with Crippen LogP contribution in [0.1, 0.15) is 23.9 Å². The SMILES string of the molecule is Cc1nc(N2C[C@@H]3C[C@H](C2)c2cc(-c4ccccc4)cc(=O)n2C3)c2[nH]ccc2n1. The van der Waals surface area contributed by atoms with Crippen molar-refractivity contribution in [2.45, 2.75) is 25.8 Å². The lowest BCUT2D eigenvalue weighted by Crippen LogP contribution is -2.47. The van der Waals surface area contributed by atoms with Gasteiger partial charge in [-0.15, -0.1) is 0 Å². The third-order valence-corrected chi connectivity index (χ3v) is 6.46. The second kappa shape index (κ2) is 6.55. The minimum absolute atomic E-state index is 0.110. The van der Waals surface area contributed by atoms with Crippen molar-refractivity contribution in [2.24, 2.45) is 5.92 Å². The summed E-state index contributed by atoms with van der Waals surface area (Å²) in [4.78, 5) is 28.0. The zero-order chi connectivity index (χ0) is 20.2. The Hall–Kier alpha value is -3.41. The van der Waals surface area contributed by atoms with Gasteiger partial charge in [-0.3, -0.25) is 4.79 Å². The Morgan fingerprint density at radius 1 is 1.00 bits per heavy atom. The molecule has 2 bridgehead atoms. The predicted octanol–water partition coefficient (Wildman–Crippen LogP) is 3.72. The fourth-order valence-corrected chi connectivity index (χ4v) is 5.20. The lowest BCUT2D eigenvalue weighted by molar-refractivity contribution is 0.281. The van der Waals surface area contributed by atoms with Gasteiger partial charge in [-0.2, -0.15) is 0 Å². The fourth-order valence-electron chi connectivity index (χ4n) is 5.20. The van der Waals surface area contributed by atoms with E-state index in [1.165, 1.54) is 0 Å². The van der Waals surface area contributed by atoms with Gasteiger partial charge in [0.15, 0.2) is 5.82 Å². The number of rotatable bonds is 2. The summed E-state index contributed by atoms with van der Waals surface area (Å²) in [6.07, 6.45) is 3.04. The zero-order valence-corrected chi connectivity index (χ0v) is 16.9. The van der Waals surface area contributed by atoms with Crippen LogP contribution in [0.4, 0.5) is 5.82 Å². The van der Waals surface area contributed by atoms with Crippen LogP contribution in [0.5, 0.6) is 0 Å². The monoisotopic (exact) mass is 397 g/mol. The summed E-state index contributed by atoms with van der Waals surface area (Å²) in [5.41, 5.74) is 5.31. The average Bonchev–Trinajstić information content (AvgIpc) is 3.22. The van der Waals surface area contributed by atoms with Gasteiger partial charge in [-0.1, -0.05) is 30.3 Å². The molecule has 5 heterocycles. The molecule has 2 atom stereocenters. The molecule has 1 aromatic carbocycles. The Balaban J connectivity index is 1.42. The van der Waals surface area contributed by atoms with E-state index in [1.54, 1.807) is 6.07 Å². The first-order chi connectivity index (χ1) is 14.7. The van der Waals surface area contributed by atoms with Crippen LogP contribution in [0, 0.1) is 12.8 Å². The van der Waals surface area contributed by atoms with Crippen LogP contribution < -0.4 is 10.5 Å². The largest absolute Gasteiger partial charge is 0.357 e. The van der Waals surface area contributed by atoms with Crippen LogP contribution in [0.15, 0.2) is 59.5 Å². The molecular weight excluding hydrogens is 374 g/mol. The quantitative estimate of drug-likeness (QED) is 0.560. The van der Waals surface area contributed by atoms with E-state index in [2.05, 4.69) is 33.1 Å². The Kier molecular flexibility index (Phi) is 3.81. The van der Waals surface area contributed by atoms with E-state index in [0.29, 0.717) is 11.8 Å². The topological polar surface area (TPSA) is 66.8 Å². The van der Waals surface area contributed by atoms with Crippen LogP contribution >= 0.6 is 0 Å². The van der Waals surface area contributed by atoms with E-state index in [1.807, 2.05) is 42.0 Å². The number of nitrogens with zero attached hydrogens (tertiary/aromatic N) is 4. The molecule has 6 nitrogen and oxygen atoms in total. The number of benzene rings is 1. The molecule has 4 aromatic rings. The van der Waals surface area contributed by atoms with E-state index < -0.39 is 0 Å². The van der Waals surface area contributed by atoms with Gasteiger partial charge in [-0.05, 0) is 42.5 Å². The first kappa shape index (κ1) is 17.4. The highest BCUT2D eigenvalue weighted by Crippen LogP contribution is 2.38. The van der Waals surface area contributed by atoms with Crippen molar-refractivity contribution in [3.05, 3.63) is 76.6 Å². The van der Waals surface area contributed by atoms with Crippen molar-refractivity contribution in [3.8, 4) is 11.1 Å². The summed E-state index contributed by atoms with van der Waals surface area (Å²) in [6, 6.07) is 16.2. The average molecular weight is 397 g/mol. The van der Waals surface area contributed by atoms with Gasteiger partial charge in [0, 0.05) is 43.5 Å². The van der Waals surface area contributed by atoms with Gasteiger partial charge in [0.25, 0.3) is 5.56 Å². The first-order valence-electron chi connectivity index (χ1n) is 10.5. The lowest BCUT2D eigenvalue weighted by atomic mass is 9.82. The normalized spacial score (nSPS) is 20.4. The van der Waals surface area contributed by atoms with E-state index in [9.17, 15) is 4.79 Å². The van der Waals surface area contributed by atoms with Gasteiger partial charge in [0.1, 0.15) is 11.3 Å². The molecule has 2 aliphatic rings. The maximum absolute atomic E-state index is 12.9. The predicted molar refractivity (Wildman–Crippen MR) is 118 cm³/mol. The lowest BCUT2D eigenvalue weighted by Gasteiger charge is -2.43. The number of hydrogen-bond donors (Lipinski definition) is 1. The Labute approximate surface area is 174 Å². The Bertz CT molecular complexity index is 1310. The number of aromatic nitrogens is 4. The molecule has 1 fully saturated rings. The van der Waals surface area contributed by atoms with Crippen molar-refractivity contribution in [1.29, 1.82) is 0 Å². The molecule has 0 amide bonds. The van der Waals surface area contributed by atoms with Crippen molar-refractivity contribution in [2.75, 3.05) is 18.0 Å². The zero-order valence-electron chi connectivity index (χ0n) is 16.9. The highest BCUT2D eigenvalue weighted by Gasteiger charge is 2.36. The standard InChI is InChI=1S/C24H23N5O/c1-15-26-20-7-8-25-23(20)24(27-15)28-12-16-9-19(14-28)21-10-18(11-22(30)29(21)13-16)17-5-3-2-4-6-17/h2-8,10-11,16,19,25H,9,12-14H2,1H3/t16-,19+/m0/s1. The summed E-state index contributed by atoms with van der Waals surface area (Å²) in [5, 5.41) is 0. The van der Waals surface area contributed by atoms with Crippen molar-refractivity contribution < 1.29 is 0 Å². The maximum Gasteiger partial charge on any atom is 0.251 e. The molecule has 0 aliphatic carbocycles. The van der Waals surface area contributed by atoms with Crippen LogP contribution in [-0.2, 0) is 6.54 Å². The van der Waals surface area contributed by atoms with Gasteiger partial charge in [0.05, 0.1) is 5.52 Å². The molecule has 150 valence electrons. The molecular formula is C24H23N5O. The third kappa shape index (κ3) is 2.75. The van der Waals surface area contributed by atoms with Gasteiger partial charge in [0.2, 0.25) is 0 Å². The molecule has 3 aromatic heterocycles. The number of nitrogens with one attached hydrogen (secondary N) is 1. The molecule has 0 spiro atoms. The van der Waals surface area contributed by atoms with Crippen molar-refractivity contribution in [1.82, 2.24) is 19.5 Å². The maximum atomic E-state index is 12.9. The minimum atomic E-state index is 0.110. The van der Waals surface area contributed by atoms with Crippen LogP contribution in [0.25, 0.3) is 22.2 Å². The highest BCUT2D eigenvalue weighted by molar-refractivity contribution is 5.86. The van der Waals surface area contributed by atoms with Crippen LogP contribution in [0.3, 0.4) is 0 Å². The Morgan fingerprint density at radius 3 is 2.73 bits per heavy atom. The number of H-pyrrole nitrogens is 1. The second-order valence-electron chi connectivity index (χ2n) is 8.52.